The molecule has 3 heterocycles. The number of rotatable bonds is 3. The topological polar surface area (TPSA) is 26.6 Å². The fraction of sp³-hybridized carbons (Fsp3) is 0.211. The second-order valence-corrected chi connectivity index (χ2v) is 12.8. The highest BCUT2D eigenvalue weighted by atomic mass is 16.7. The Morgan fingerprint density at radius 2 is 1.42 bits per heavy atom. The highest BCUT2D eigenvalue weighted by Crippen LogP contribution is 2.53. The zero-order valence-corrected chi connectivity index (χ0v) is 25.2. The maximum Gasteiger partial charge on any atom is 0.494 e. The second kappa shape index (κ2) is 9.60. The Morgan fingerprint density at radius 3 is 2.19 bits per heavy atom. The van der Waals surface area contributed by atoms with Crippen molar-refractivity contribution in [2.75, 3.05) is 4.90 Å². The molecular weight excluding hydrogens is 527 g/mol. The molecule has 0 saturated carbocycles. The van der Waals surface area contributed by atoms with Crippen LogP contribution >= 0.6 is 0 Å². The fourth-order valence-corrected chi connectivity index (χ4v) is 6.77. The van der Waals surface area contributed by atoms with Crippen molar-refractivity contribution in [1.82, 2.24) is 4.57 Å². The van der Waals surface area contributed by atoms with Crippen LogP contribution in [0, 0.1) is 0 Å². The van der Waals surface area contributed by atoms with E-state index < -0.39 is 18.3 Å². The smallest absolute Gasteiger partial charge is 0.399 e. The van der Waals surface area contributed by atoms with Crippen molar-refractivity contribution >= 4 is 34.9 Å². The van der Waals surface area contributed by atoms with Gasteiger partial charge in [0.2, 0.25) is 0 Å². The van der Waals surface area contributed by atoms with Crippen LogP contribution in [0.15, 0.2) is 121 Å². The molecule has 5 aromatic rings. The van der Waals surface area contributed by atoms with Crippen LogP contribution in [0.2, 0.25) is 0 Å². The second-order valence-electron chi connectivity index (χ2n) is 12.8. The van der Waals surface area contributed by atoms with Crippen LogP contribution in [0.5, 0.6) is 0 Å². The van der Waals surface area contributed by atoms with E-state index in [1.54, 1.807) is 0 Å². The summed E-state index contributed by atoms with van der Waals surface area (Å²) in [4.78, 5) is 2.48. The summed E-state index contributed by atoms with van der Waals surface area (Å²) in [6.45, 7) is 8.46. The number of nitrogens with zero attached hydrogens (tertiary/aromatic N) is 2. The van der Waals surface area contributed by atoms with E-state index in [-0.39, 0.29) is 0 Å². The minimum atomic E-state index is -0.447. The molecule has 0 atom stereocenters. The average Bonchev–Trinajstić information content (AvgIpc) is 3.43. The lowest BCUT2D eigenvalue weighted by Crippen LogP contribution is -2.41. The van der Waals surface area contributed by atoms with E-state index in [2.05, 4.69) is 152 Å². The molecule has 1 aromatic heterocycles. The van der Waals surface area contributed by atoms with E-state index in [4.69, 9.17) is 9.31 Å². The third kappa shape index (κ3) is 3.99. The molecule has 0 unspecified atom stereocenters. The van der Waals surface area contributed by atoms with E-state index >= 15 is 0 Å². The van der Waals surface area contributed by atoms with Gasteiger partial charge in [0.15, 0.2) is 0 Å². The van der Waals surface area contributed by atoms with Crippen molar-refractivity contribution < 1.29 is 9.31 Å². The maximum absolute atomic E-state index is 6.57. The molecule has 3 aliphatic rings. The van der Waals surface area contributed by atoms with Gasteiger partial charge in [0.25, 0.3) is 0 Å². The molecule has 0 spiro atoms. The third-order valence-electron chi connectivity index (χ3n) is 9.62. The summed E-state index contributed by atoms with van der Waals surface area (Å²) in [6, 6.07) is 35.2. The Morgan fingerprint density at radius 1 is 0.721 bits per heavy atom. The van der Waals surface area contributed by atoms with Crippen molar-refractivity contribution in [3.05, 3.63) is 121 Å². The van der Waals surface area contributed by atoms with Gasteiger partial charge in [-0.05, 0) is 82.4 Å². The normalized spacial score (nSPS) is 18.2. The van der Waals surface area contributed by atoms with Gasteiger partial charge in [-0.15, -0.1) is 0 Å². The molecular formula is C38H35BN2O2. The molecule has 0 bridgehead atoms. The van der Waals surface area contributed by atoms with Crippen molar-refractivity contribution in [2.45, 2.75) is 51.7 Å². The number of fused-ring (bicyclic) bond motifs is 7. The summed E-state index contributed by atoms with van der Waals surface area (Å²) in [5.41, 5.74) is 11.0. The largest absolute Gasteiger partial charge is 0.494 e. The monoisotopic (exact) mass is 562 g/mol. The van der Waals surface area contributed by atoms with Gasteiger partial charge in [-0.25, -0.2) is 0 Å². The van der Waals surface area contributed by atoms with Crippen molar-refractivity contribution in [3.63, 3.8) is 0 Å². The van der Waals surface area contributed by atoms with Gasteiger partial charge in [-0.3, -0.25) is 0 Å². The lowest BCUT2D eigenvalue weighted by atomic mass is 9.77. The Balaban J connectivity index is 1.48. The molecule has 5 heteroatoms. The van der Waals surface area contributed by atoms with Crippen molar-refractivity contribution in [2.24, 2.45) is 0 Å². The minimum Gasteiger partial charge on any atom is -0.399 e. The summed E-state index contributed by atoms with van der Waals surface area (Å²) in [5, 5.41) is 1.22. The zero-order valence-electron chi connectivity index (χ0n) is 25.2. The summed E-state index contributed by atoms with van der Waals surface area (Å²) in [6.07, 6.45) is 8.72. The number of para-hydroxylation sites is 3. The molecule has 43 heavy (non-hydrogen) atoms. The molecule has 0 radical (unpaired) electrons. The Hall–Kier alpha value is -4.32. The Kier molecular flexibility index (Phi) is 5.88. The average molecular weight is 563 g/mol. The zero-order chi connectivity index (χ0) is 29.3. The van der Waals surface area contributed by atoms with E-state index in [9.17, 15) is 0 Å². The van der Waals surface area contributed by atoms with Crippen LogP contribution in [-0.4, -0.2) is 22.9 Å². The molecule has 2 aliphatic heterocycles. The number of hydrogen-bond acceptors (Lipinski definition) is 3. The summed E-state index contributed by atoms with van der Waals surface area (Å²) in [5.74, 6) is 0. The molecule has 8 rings (SSSR count). The van der Waals surface area contributed by atoms with Gasteiger partial charge in [0, 0.05) is 33.5 Å². The van der Waals surface area contributed by atoms with E-state index in [0.717, 1.165) is 24.0 Å². The highest BCUT2D eigenvalue weighted by molar-refractivity contribution is 6.62. The van der Waals surface area contributed by atoms with Crippen LogP contribution < -0.4 is 10.4 Å². The van der Waals surface area contributed by atoms with Crippen LogP contribution in [-0.2, 0) is 9.31 Å². The van der Waals surface area contributed by atoms with Crippen LogP contribution in [0.3, 0.4) is 0 Å². The number of hydrogen-bond donors (Lipinski definition) is 0. The summed E-state index contributed by atoms with van der Waals surface area (Å²) in [7, 11) is -0.447. The Bertz CT molecular complexity index is 1930. The van der Waals surface area contributed by atoms with E-state index in [0.29, 0.717) is 0 Å². The minimum absolute atomic E-state index is 0.416. The quantitative estimate of drug-likeness (QED) is 0.206. The first-order chi connectivity index (χ1) is 20.8. The molecule has 1 saturated heterocycles. The van der Waals surface area contributed by atoms with Gasteiger partial charge in [0.1, 0.15) is 0 Å². The first kappa shape index (κ1) is 26.3. The van der Waals surface area contributed by atoms with Crippen LogP contribution in [0.4, 0.5) is 11.4 Å². The van der Waals surface area contributed by atoms with Crippen molar-refractivity contribution in [1.29, 1.82) is 0 Å². The fourth-order valence-electron chi connectivity index (χ4n) is 6.77. The molecule has 0 amide bonds. The van der Waals surface area contributed by atoms with Crippen LogP contribution in [0.25, 0.3) is 39.0 Å². The lowest BCUT2D eigenvalue weighted by molar-refractivity contribution is 0.00578. The SMILES string of the molecule is CC1(C)OB(c2ccc3c(c2)-c2c(n(-c4ccccc4)c4ccccc24)-c2ccccc2N3C2=CC=CCC2)OC1(C)C. The number of allylic oxidation sites excluding steroid dienone is 4. The van der Waals surface area contributed by atoms with Gasteiger partial charge < -0.3 is 18.8 Å². The van der Waals surface area contributed by atoms with Crippen molar-refractivity contribution in [3.8, 4) is 28.1 Å². The number of anilines is 2. The number of benzene rings is 4. The molecule has 4 nitrogen and oxygen atoms in total. The molecule has 4 aromatic carbocycles. The predicted octanol–water partition coefficient (Wildman–Crippen LogP) is 8.95. The van der Waals surface area contributed by atoms with Gasteiger partial charge >= 0.3 is 7.12 Å². The van der Waals surface area contributed by atoms with E-state index in [1.165, 1.54) is 50.4 Å². The maximum atomic E-state index is 6.57. The Labute approximate surface area is 254 Å². The lowest BCUT2D eigenvalue weighted by Gasteiger charge is -2.32. The third-order valence-corrected chi connectivity index (χ3v) is 9.62. The van der Waals surface area contributed by atoms with Crippen LogP contribution in [0.1, 0.15) is 40.5 Å². The van der Waals surface area contributed by atoms with E-state index in [1.807, 2.05) is 0 Å². The summed E-state index contributed by atoms with van der Waals surface area (Å²) < 4.78 is 15.6. The van der Waals surface area contributed by atoms with Gasteiger partial charge in [0.05, 0.1) is 33.8 Å². The standard InChI is InChI=1S/C38H35BN2O2/c1-37(2)38(3,4)43-39(42-37)26-23-24-34-31(25-26)35-29-19-11-13-21-32(29)41(28-17-9-6-10-18-28)36(35)30-20-12-14-22-33(30)40(34)27-15-7-5-8-16-27/h5-7,9-15,17-25H,8,16H2,1-4H3. The molecule has 212 valence electrons. The molecule has 1 fully saturated rings. The van der Waals surface area contributed by atoms with Gasteiger partial charge in [-0.2, -0.15) is 0 Å². The first-order valence-electron chi connectivity index (χ1n) is 15.3. The first-order valence-corrected chi connectivity index (χ1v) is 15.3. The summed E-state index contributed by atoms with van der Waals surface area (Å²) >= 11 is 0. The predicted molar refractivity (Wildman–Crippen MR) is 178 cm³/mol. The molecule has 0 N–H and O–H groups in total. The van der Waals surface area contributed by atoms with Gasteiger partial charge in [-0.1, -0.05) is 78.9 Å². The number of aromatic nitrogens is 1. The molecule has 1 aliphatic carbocycles. The highest BCUT2D eigenvalue weighted by Gasteiger charge is 2.52.